The van der Waals surface area contributed by atoms with Crippen molar-refractivity contribution >= 4 is 53.4 Å². The van der Waals surface area contributed by atoms with Gasteiger partial charge in [-0.3, -0.25) is 0 Å². The molecule has 0 amide bonds. The van der Waals surface area contributed by atoms with Gasteiger partial charge >= 0.3 is 0 Å². The van der Waals surface area contributed by atoms with E-state index in [2.05, 4.69) is 78.9 Å². The van der Waals surface area contributed by atoms with E-state index >= 15 is 0 Å². The summed E-state index contributed by atoms with van der Waals surface area (Å²) >= 11 is 1.79. The van der Waals surface area contributed by atoms with Gasteiger partial charge in [-0.1, -0.05) is 66.7 Å². The average Bonchev–Trinajstić information content (AvgIpc) is 3.62. The van der Waals surface area contributed by atoms with Crippen molar-refractivity contribution in [2.75, 3.05) is 0 Å². The lowest BCUT2D eigenvalue weighted by Gasteiger charge is -2.15. The van der Waals surface area contributed by atoms with Gasteiger partial charge in [0.1, 0.15) is 17.2 Å². The molecular weight excluding hydrogens is 532 g/mol. The van der Waals surface area contributed by atoms with Gasteiger partial charge in [-0.25, -0.2) is 0 Å². The molecule has 194 valence electrons. The summed E-state index contributed by atoms with van der Waals surface area (Å²) in [6.07, 6.45) is 0. The Balaban J connectivity index is 1.46. The van der Waals surface area contributed by atoms with Gasteiger partial charge in [-0.2, -0.15) is 10.5 Å². The summed E-state index contributed by atoms with van der Waals surface area (Å²) in [5.41, 5.74) is 8.33. The zero-order valence-corrected chi connectivity index (χ0v) is 23.1. The predicted octanol–water partition coefficient (Wildman–Crippen LogP) is 10.7. The highest BCUT2D eigenvalue weighted by molar-refractivity contribution is 7.25. The fourth-order valence-corrected chi connectivity index (χ4v) is 7.17. The molecule has 0 spiro atoms. The molecule has 3 nitrogen and oxygen atoms in total. The van der Waals surface area contributed by atoms with Crippen LogP contribution in [0.5, 0.6) is 0 Å². The quantitative estimate of drug-likeness (QED) is 0.219. The molecule has 0 aliphatic heterocycles. The number of thiophene rings is 1. The van der Waals surface area contributed by atoms with E-state index in [1.807, 2.05) is 48.5 Å². The first kappa shape index (κ1) is 24.1. The molecule has 6 aromatic carbocycles. The zero-order chi connectivity index (χ0) is 28.2. The van der Waals surface area contributed by atoms with Crippen molar-refractivity contribution in [1.29, 1.82) is 10.5 Å². The van der Waals surface area contributed by atoms with Crippen molar-refractivity contribution in [2.45, 2.75) is 0 Å². The number of fused-ring (bicyclic) bond motifs is 6. The Morgan fingerprint density at radius 3 is 2.05 bits per heavy atom. The van der Waals surface area contributed by atoms with Gasteiger partial charge in [0, 0.05) is 42.1 Å². The molecule has 0 atom stereocenters. The smallest absolute Gasteiger partial charge is 0.135 e. The molecule has 0 aliphatic carbocycles. The van der Waals surface area contributed by atoms with Crippen LogP contribution in [0.3, 0.4) is 0 Å². The minimum Gasteiger partial charge on any atom is -0.456 e. The van der Waals surface area contributed by atoms with Gasteiger partial charge < -0.3 is 4.42 Å². The molecule has 8 rings (SSSR count). The SMILES string of the molecule is N#Cc1cccc(-c2cc(-c3cccc4sc5ccccc5c34)cc(-c3ccc4oc5ccccc5c4c3)c2C#N)c1. The molecule has 2 heterocycles. The van der Waals surface area contributed by atoms with Gasteiger partial charge in [0.25, 0.3) is 0 Å². The monoisotopic (exact) mass is 552 g/mol. The third-order valence-electron chi connectivity index (χ3n) is 7.95. The molecule has 0 bridgehead atoms. The third-order valence-corrected chi connectivity index (χ3v) is 9.09. The van der Waals surface area contributed by atoms with Crippen molar-refractivity contribution in [3.05, 3.63) is 132 Å². The summed E-state index contributed by atoms with van der Waals surface area (Å²) in [5.74, 6) is 0. The summed E-state index contributed by atoms with van der Waals surface area (Å²) in [6, 6.07) is 45.6. The standard InChI is InChI=1S/C38H20N2OS/c39-21-23-7-5-8-24(17-23)30-19-26(27-11-6-14-37-38(27)29-10-2-4-13-36(29)42-37)20-31(33(30)22-40)25-15-16-35-32(18-25)28-9-1-3-12-34(28)41-35/h1-20H. The van der Waals surface area contributed by atoms with E-state index in [0.29, 0.717) is 11.1 Å². The first-order valence-electron chi connectivity index (χ1n) is 13.6. The van der Waals surface area contributed by atoms with E-state index in [-0.39, 0.29) is 0 Å². The zero-order valence-electron chi connectivity index (χ0n) is 22.3. The van der Waals surface area contributed by atoms with Gasteiger partial charge in [0.2, 0.25) is 0 Å². The molecular formula is C38H20N2OS. The lowest BCUT2D eigenvalue weighted by atomic mass is 9.87. The Hall–Kier alpha value is -5.68. The summed E-state index contributed by atoms with van der Waals surface area (Å²) in [7, 11) is 0. The van der Waals surface area contributed by atoms with Crippen molar-refractivity contribution < 1.29 is 4.42 Å². The Bertz CT molecular complexity index is 2450. The normalized spacial score (nSPS) is 11.3. The lowest BCUT2D eigenvalue weighted by molar-refractivity contribution is 0.669. The van der Waals surface area contributed by atoms with Crippen LogP contribution in [0.25, 0.3) is 75.5 Å². The van der Waals surface area contributed by atoms with Crippen LogP contribution in [-0.4, -0.2) is 0 Å². The van der Waals surface area contributed by atoms with Gasteiger partial charge in [0.05, 0.1) is 17.2 Å². The number of furan rings is 1. The number of para-hydroxylation sites is 1. The molecule has 0 saturated heterocycles. The van der Waals surface area contributed by atoms with E-state index < -0.39 is 0 Å². The summed E-state index contributed by atoms with van der Waals surface area (Å²) in [5, 5.41) is 24.7. The molecule has 0 saturated carbocycles. The van der Waals surface area contributed by atoms with Gasteiger partial charge in [0.15, 0.2) is 0 Å². The van der Waals surface area contributed by atoms with Crippen LogP contribution < -0.4 is 0 Å². The number of nitrogens with zero attached hydrogens (tertiary/aromatic N) is 2. The fourth-order valence-electron chi connectivity index (χ4n) is 6.04. The van der Waals surface area contributed by atoms with Crippen molar-refractivity contribution in [3.8, 4) is 45.5 Å². The maximum atomic E-state index is 10.6. The van der Waals surface area contributed by atoms with Gasteiger partial charge in [-0.05, 0) is 76.9 Å². The minimum absolute atomic E-state index is 0.556. The van der Waals surface area contributed by atoms with Crippen LogP contribution in [0.15, 0.2) is 126 Å². The summed E-state index contributed by atoms with van der Waals surface area (Å²) < 4.78 is 8.56. The highest BCUT2D eigenvalue weighted by Gasteiger charge is 2.19. The van der Waals surface area contributed by atoms with Crippen molar-refractivity contribution in [3.63, 3.8) is 0 Å². The number of hydrogen-bond donors (Lipinski definition) is 0. The largest absolute Gasteiger partial charge is 0.456 e. The molecule has 42 heavy (non-hydrogen) atoms. The highest BCUT2D eigenvalue weighted by atomic mass is 32.1. The molecule has 0 unspecified atom stereocenters. The third kappa shape index (κ3) is 3.71. The molecule has 0 aliphatic rings. The van der Waals surface area contributed by atoms with Crippen LogP contribution in [-0.2, 0) is 0 Å². The van der Waals surface area contributed by atoms with Crippen LogP contribution in [0.4, 0.5) is 0 Å². The van der Waals surface area contributed by atoms with Crippen LogP contribution in [0, 0.1) is 22.7 Å². The summed E-state index contributed by atoms with van der Waals surface area (Å²) in [4.78, 5) is 0. The Labute approximate surface area is 245 Å². The topological polar surface area (TPSA) is 60.7 Å². The molecule has 0 fully saturated rings. The second kappa shape index (κ2) is 9.46. The first-order valence-corrected chi connectivity index (χ1v) is 14.4. The van der Waals surface area contributed by atoms with E-state index in [1.54, 1.807) is 17.4 Å². The van der Waals surface area contributed by atoms with Crippen LogP contribution in [0.1, 0.15) is 11.1 Å². The number of nitriles is 2. The lowest BCUT2D eigenvalue weighted by Crippen LogP contribution is -1.93. The molecule has 8 aromatic rings. The maximum absolute atomic E-state index is 10.6. The van der Waals surface area contributed by atoms with Crippen LogP contribution in [0.2, 0.25) is 0 Å². The van der Waals surface area contributed by atoms with Crippen LogP contribution >= 0.6 is 11.3 Å². The number of benzene rings is 6. The number of hydrogen-bond acceptors (Lipinski definition) is 4. The maximum Gasteiger partial charge on any atom is 0.135 e. The van der Waals surface area contributed by atoms with E-state index in [9.17, 15) is 10.5 Å². The average molecular weight is 553 g/mol. The second-order valence-corrected chi connectivity index (χ2v) is 11.4. The predicted molar refractivity (Wildman–Crippen MR) is 172 cm³/mol. The van der Waals surface area contributed by atoms with E-state index in [0.717, 1.165) is 55.3 Å². The Morgan fingerprint density at radius 2 is 1.21 bits per heavy atom. The minimum atomic E-state index is 0.556. The molecule has 2 aromatic heterocycles. The molecule has 0 radical (unpaired) electrons. The second-order valence-electron chi connectivity index (χ2n) is 10.3. The Morgan fingerprint density at radius 1 is 0.500 bits per heavy atom. The van der Waals surface area contributed by atoms with Crippen molar-refractivity contribution in [1.82, 2.24) is 0 Å². The van der Waals surface area contributed by atoms with E-state index in [4.69, 9.17) is 4.42 Å². The number of rotatable bonds is 3. The fraction of sp³-hybridized carbons (Fsp3) is 0. The highest BCUT2D eigenvalue weighted by Crippen LogP contribution is 2.44. The molecule has 0 N–H and O–H groups in total. The first-order chi connectivity index (χ1) is 20.7. The summed E-state index contributed by atoms with van der Waals surface area (Å²) in [6.45, 7) is 0. The van der Waals surface area contributed by atoms with E-state index in [1.165, 1.54) is 20.2 Å². The molecule has 4 heteroatoms. The van der Waals surface area contributed by atoms with Gasteiger partial charge in [-0.15, -0.1) is 11.3 Å². The van der Waals surface area contributed by atoms with Crippen molar-refractivity contribution in [2.24, 2.45) is 0 Å². The Kier molecular flexibility index (Phi) is 5.44.